The van der Waals surface area contributed by atoms with Crippen LogP contribution in [-0.4, -0.2) is 37.2 Å². The topological polar surface area (TPSA) is 78.9 Å². The maximum Gasteiger partial charge on any atom is 0.306 e. The van der Waals surface area contributed by atoms with E-state index < -0.39 is 6.10 Å². The zero-order chi connectivity index (χ0) is 52.9. The minimum absolute atomic E-state index is 0.0847. The van der Waals surface area contributed by atoms with E-state index >= 15 is 0 Å². The summed E-state index contributed by atoms with van der Waals surface area (Å²) < 4.78 is 16.9. The third kappa shape index (κ3) is 59.1. The molecule has 0 aliphatic heterocycles. The molecule has 0 aromatic carbocycles. The van der Waals surface area contributed by atoms with Gasteiger partial charge in [0.05, 0.1) is 0 Å². The van der Waals surface area contributed by atoms with Gasteiger partial charge in [-0.25, -0.2) is 0 Å². The summed E-state index contributed by atoms with van der Waals surface area (Å²) in [5.41, 5.74) is 0. The average molecular weight is 1020 g/mol. The first-order chi connectivity index (χ1) is 36.0. The molecule has 1 atom stereocenters. The van der Waals surface area contributed by atoms with Crippen molar-refractivity contribution in [2.45, 2.75) is 297 Å². The maximum absolute atomic E-state index is 12.9. The van der Waals surface area contributed by atoms with Crippen LogP contribution in [-0.2, 0) is 28.6 Å². The van der Waals surface area contributed by atoms with E-state index in [9.17, 15) is 14.4 Å². The highest BCUT2D eigenvalue weighted by atomic mass is 16.6. The molecule has 0 rings (SSSR count). The zero-order valence-electron chi connectivity index (χ0n) is 47.9. The standard InChI is InChI=1S/C67H114O6/c1-4-7-10-13-16-19-22-25-27-29-31-32-33-34-36-37-39-42-45-48-51-54-57-60-66(69)72-63-64(62-71-65(68)59-56-53-50-47-44-41-24-21-18-15-12-9-6-3)73-67(70)61-58-55-52-49-46-43-40-38-35-30-28-26-23-20-17-14-11-8-5-2/h7,10,16-17,19-20,25-28,31-32,34-36,38,64H,4-6,8-9,11-15,18,21-24,29-30,33,37,39-63H2,1-3H3/b10-7-,19-16-,20-17-,27-25-,28-26-,32-31-,36-34-,38-35-. The van der Waals surface area contributed by atoms with E-state index in [0.717, 1.165) is 122 Å². The lowest BCUT2D eigenvalue weighted by molar-refractivity contribution is -0.167. The van der Waals surface area contributed by atoms with Crippen LogP contribution in [0.1, 0.15) is 290 Å². The maximum atomic E-state index is 12.9. The highest BCUT2D eigenvalue weighted by Crippen LogP contribution is 2.16. The molecule has 0 spiro atoms. The molecule has 0 aromatic heterocycles. The van der Waals surface area contributed by atoms with Crippen LogP contribution >= 0.6 is 0 Å². The summed E-state index contributed by atoms with van der Waals surface area (Å²) >= 11 is 0. The predicted molar refractivity (Wildman–Crippen MR) is 316 cm³/mol. The van der Waals surface area contributed by atoms with Crippen molar-refractivity contribution in [1.82, 2.24) is 0 Å². The van der Waals surface area contributed by atoms with E-state index in [-0.39, 0.29) is 31.1 Å². The molecule has 0 aliphatic rings. The minimum Gasteiger partial charge on any atom is -0.462 e. The highest BCUT2D eigenvalue weighted by molar-refractivity contribution is 5.71. The summed E-state index contributed by atoms with van der Waals surface area (Å²) in [4.78, 5) is 38.3. The summed E-state index contributed by atoms with van der Waals surface area (Å²) in [5, 5.41) is 0. The Balaban J connectivity index is 4.39. The van der Waals surface area contributed by atoms with Crippen molar-refractivity contribution in [3.05, 3.63) is 97.2 Å². The Morgan fingerprint density at radius 2 is 0.534 bits per heavy atom. The molecule has 0 N–H and O–H groups in total. The number of carbonyl (C=O) groups excluding carboxylic acids is 3. The first kappa shape index (κ1) is 69.3. The Kier molecular flexibility index (Phi) is 57.8. The van der Waals surface area contributed by atoms with Gasteiger partial charge in [-0.1, -0.05) is 266 Å². The van der Waals surface area contributed by atoms with Gasteiger partial charge in [0.1, 0.15) is 13.2 Å². The Bertz CT molecular complexity index is 1440. The molecule has 0 aromatic rings. The van der Waals surface area contributed by atoms with Crippen molar-refractivity contribution < 1.29 is 28.6 Å². The first-order valence-electron chi connectivity index (χ1n) is 30.7. The van der Waals surface area contributed by atoms with Gasteiger partial charge >= 0.3 is 17.9 Å². The zero-order valence-corrected chi connectivity index (χ0v) is 47.9. The van der Waals surface area contributed by atoms with Crippen molar-refractivity contribution in [2.75, 3.05) is 13.2 Å². The number of ether oxygens (including phenoxy) is 3. The molecule has 0 bridgehead atoms. The number of unbranched alkanes of at least 4 members (excludes halogenated alkanes) is 28. The Hall–Kier alpha value is -3.67. The molecular formula is C67H114O6. The van der Waals surface area contributed by atoms with Gasteiger partial charge in [0, 0.05) is 19.3 Å². The van der Waals surface area contributed by atoms with Crippen LogP contribution in [0.5, 0.6) is 0 Å². The van der Waals surface area contributed by atoms with Gasteiger partial charge in [-0.3, -0.25) is 14.4 Å². The SMILES string of the molecule is CC/C=C\C/C=C\C/C=C\C/C=C\C/C=C\CCCCCCCCCC(=O)OCC(COC(=O)CCCCCCCCCCCCCCC)OC(=O)CCCCCCCC/C=C\C/C=C\C/C=C\CCCCC. The lowest BCUT2D eigenvalue weighted by Crippen LogP contribution is -2.30. The minimum atomic E-state index is -0.789. The molecule has 0 aliphatic carbocycles. The largest absolute Gasteiger partial charge is 0.462 e. The fraction of sp³-hybridized carbons (Fsp3) is 0.716. The molecule has 0 heterocycles. The van der Waals surface area contributed by atoms with Crippen molar-refractivity contribution in [1.29, 1.82) is 0 Å². The van der Waals surface area contributed by atoms with E-state index in [2.05, 4.69) is 118 Å². The van der Waals surface area contributed by atoms with Gasteiger partial charge < -0.3 is 14.2 Å². The monoisotopic (exact) mass is 1010 g/mol. The second kappa shape index (κ2) is 60.9. The summed E-state index contributed by atoms with van der Waals surface area (Å²) in [5.74, 6) is -0.901. The van der Waals surface area contributed by atoms with E-state index in [1.54, 1.807) is 0 Å². The molecule has 0 fully saturated rings. The molecule has 0 saturated carbocycles. The van der Waals surface area contributed by atoms with Crippen LogP contribution < -0.4 is 0 Å². The first-order valence-corrected chi connectivity index (χ1v) is 30.7. The van der Waals surface area contributed by atoms with E-state index in [0.29, 0.717) is 19.3 Å². The van der Waals surface area contributed by atoms with Crippen LogP contribution in [0.25, 0.3) is 0 Å². The summed E-state index contributed by atoms with van der Waals surface area (Å²) in [6.45, 7) is 6.50. The van der Waals surface area contributed by atoms with E-state index in [1.165, 1.54) is 128 Å². The van der Waals surface area contributed by atoms with Crippen LogP contribution in [0.3, 0.4) is 0 Å². The Morgan fingerprint density at radius 1 is 0.288 bits per heavy atom. The van der Waals surface area contributed by atoms with E-state index in [1.807, 2.05) is 0 Å². The average Bonchev–Trinajstić information content (AvgIpc) is 3.39. The molecule has 418 valence electrons. The fourth-order valence-electron chi connectivity index (χ4n) is 8.48. The number of rotatable bonds is 55. The smallest absolute Gasteiger partial charge is 0.306 e. The van der Waals surface area contributed by atoms with Gasteiger partial charge in [-0.05, 0) is 103 Å². The third-order valence-corrected chi connectivity index (χ3v) is 13.1. The molecular weight excluding hydrogens is 901 g/mol. The second-order valence-electron chi connectivity index (χ2n) is 20.2. The fourth-order valence-corrected chi connectivity index (χ4v) is 8.48. The molecule has 0 saturated heterocycles. The number of hydrogen-bond acceptors (Lipinski definition) is 6. The molecule has 1 unspecified atom stereocenters. The van der Waals surface area contributed by atoms with Gasteiger partial charge in [-0.15, -0.1) is 0 Å². The van der Waals surface area contributed by atoms with Gasteiger partial charge in [0.25, 0.3) is 0 Å². The molecule has 6 heteroatoms. The van der Waals surface area contributed by atoms with Gasteiger partial charge in [-0.2, -0.15) is 0 Å². The number of carbonyl (C=O) groups is 3. The van der Waals surface area contributed by atoms with Crippen molar-refractivity contribution in [3.63, 3.8) is 0 Å². The number of esters is 3. The van der Waals surface area contributed by atoms with Crippen molar-refractivity contribution >= 4 is 17.9 Å². The molecule has 0 amide bonds. The Morgan fingerprint density at radius 3 is 0.863 bits per heavy atom. The predicted octanol–water partition coefficient (Wildman–Crippen LogP) is 20.9. The Labute approximate surface area is 451 Å². The van der Waals surface area contributed by atoms with Gasteiger partial charge in [0.2, 0.25) is 0 Å². The molecule has 0 radical (unpaired) electrons. The number of hydrogen-bond donors (Lipinski definition) is 0. The molecule has 6 nitrogen and oxygen atoms in total. The van der Waals surface area contributed by atoms with Gasteiger partial charge in [0.15, 0.2) is 6.10 Å². The van der Waals surface area contributed by atoms with E-state index in [4.69, 9.17) is 14.2 Å². The lowest BCUT2D eigenvalue weighted by Gasteiger charge is -2.18. The third-order valence-electron chi connectivity index (χ3n) is 13.1. The summed E-state index contributed by atoms with van der Waals surface area (Å²) in [6, 6.07) is 0. The normalized spacial score (nSPS) is 12.8. The quantitative estimate of drug-likeness (QED) is 0.0261. The van der Waals surface area contributed by atoms with Crippen LogP contribution in [0, 0.1) is 0 Å². The summed E-state index contributed by atoms with van der Waals surface area (Å²) in [6.07, 6.45) is 81.1. The lowest BCUT2D eigenvalue weighted by atomic mass is 10.0. The summed E-state index contributed by atoms with van der Waals surface area (Å²) in [7, 11) is 0. The van der Waals surface area contributed by atoms with Crippen molar-refractivity contribution in [3.8, 4) is 0 Å². The highest BCUT2D eigenvalue weighted by Gasteiger charge is 2.19. The number of allylic oxidation sites excluding steroid dienone is 16. The molecule has 73 heavy (non-hydrogen) atoms. The second-order valence-corrected chi connectivity index (χ2v) is 20.2. The van der Waals surface area contributed by atoms with Crippen LogP contribution in [0.2, 0.25) is 0 Å². The van der Waals surface area contributed by atoms with Crippen molar-refractivity contribution in [2.24, 2.45) is 0 Å². The van der Waals surface area contributed by atoms with Crippen LogP contribution in [0.4, 0.5) is 0 Å². The van der Waals surface area contributed by atoms with Crippen LogP contribution in [0.15, 0.2) is 97.2 Å².